The summed E-state index contributed by atoms with van der Waals surface area (Å²) in [4.78, 5) is 12.4. The van der Waals surface area contributed by atoms with Gasteiger partial charge in [0.25, 0.3) is 0 Å². The van der Waals surface area contributed by atoms with Crippen molar-refractivity contribution in [3.63, 3.8) is 0 Å². The van der Waals surface area contributed by atoms with Gasteiger partial charge in [-0.1, -0.05) is 0 Å². The minimum atomic E-state index is -4.39. The van der Waals surface area contributed by atoms with Crippen molar-refractivity contribution in [3.05, 3.63) is 40.8 Å². The first-order chi connectivity index (χ1) is 18.3. The molecular weight excluding hydrogens is 515 g/mol. The van der Waals surface area contributed by atoms with Gasteiger partial charge in [-0.25, -0.2) is 14.5 Å². The number of pyridine rings is 1. The molecule has 0 radical (unpaired) electrons. The van der Waals surface area contributed by atoms with Crippen LogP contribution in [0, 0.1) is 12.8 Å². The third kappa shape index (κ3) is 5.34. The fourth-order valence-corrected chi connectivity index (χ4v) is 6.77. The summed E-state index contributed by atoms with van der Waals surface area (Å²) < 4.78 is 48.1. The number of fused-ring (bicyclic) bond motifs is 1. The average molecular weight is 546 g/mol. The molecule has 38 heavy (non-hydrogen) atoms. The van der Waals surface area contributed by atoms with Crippen molar-refractivity contribution in [2.75, 3.05) is 32.8 Å². The molecule has 2 aliphatic heterocycles. The number of ether oxygens (including phenoxy) is 1. The zero-order valence-electron chi connectivity index (χ0n) is 21.2. The largest absolute Gasteiger partial charge is 0.393 e. The van der Waals surface area contributed by atoms with Crippen molar-refractivity contribution in [2.24, 2.45) is 5.92 Å². The van der Waals surface area contributed by atoms with Gasteiger partial charge >= 0.3 is 6.18 Å². The van der Waals surface area contributed by atoms with Gasteiger partial charge in [-0.05, 0) is 69.2 Å². The van der Waals surface area contributed by atoms with Gasteiger partial charge in [0.1, 0.15) is 11.3 Å². The molecule has 2 aliphatic rings. The lowest BCUT2D eigenvalue weighted by Crippen LogP contribution is -2.37. The molecule has 0 unspecified atom stereocenters. The molecule has 4 aromatic heterocycles. The summed E-state index contributed by atoms with van der Waals surface area (Å²) in [5.74, 6) is 1.09. The Bertz CT molecular complexity index is 1400. The molecular formula is C26H30F3N7OS. The van der Waals surface area contributed by atoms with E-state index < -0.39 is 12.6 Å². The predicted octanol–water partition coefficient (Wildman–Crippen LogP) is 5.26. The van der Waals surface area contributed by atoms with E-state index in [4.69, 9.17) is 4.74 Å². The summed E-state index contributed by atoms with van der Waals surface area (Å²) in [5, 5.41) is 11.9. The molecule has 0 saturated carbocycles. The molecule has 6 rings (SSSR count). The Morgan fingerprint density at radius 3 is 2.68 bits per heavy atom. The Hall–Kier alpha value is -2.83. The van der Waals surface area contributed by atoms with Crippen LogP contribution in [0.25, 0.3) is 27.6 Å². The smallest absolute Gasteiger partial charge is 0.381 e. The van der Waals surface area contributed by atoms with Crippen molar-refractivity contribution < 1.29 is 17.9 Å². The average Bonchev–Trinajstić information content (AvgIpc) is 3.64. The van der Waals surface area contributed by atoms with Crippen LogP contribution in [0.1, 0.15) is 47.6 Å². The Labute approximate surface area is 222 Å². The van der Waals surface area contributed by atoms with Gasteiger partial charge in [0.15, 0.2) is 5.65 Å². The van der Waals surface area contributed by atoms with Gasteiger partial charge in [0, 0.05) is 48.2 Å². The number of thiazole rings is 1. The number of hydrogen-bond donors (Lipinski definition) is 1. The molecule has 0 spiro atoms. The first kappa shape index (κ1) is 25.4. The Kier molecular flexibility index (Phi) is 6.95. The summed E-state index contributed by atoms with van der Waals surface area (Å²) in [6.07, 6.45) is 3.77. The van der Waals surface area contributed by atoms with Crippen molar-refractivity contribution in [3.8, 4) is 22.0 Å². The van der Waals surface area contributed by atoms with Crippen LogP contribution in [0.5, 0.6) is 0 Å². The molecule has 8 nitrogen and oxygen atoms in total. The van der Waals surface area contributed by atoms with E-state index in [1.165, 1.54) is 17.7 Å². The lowest BCUT2D eigenvalue weighted by atomic mass is 9.93. The van der Waals surface area contributed by atoms with E-state index in [0.717, 1.165) is 69.0 Å². The molecule has 0 aromatic carbocycles. The van der Waals surface area contributed by atoms with Gasteiger partial charge in [-0.15, -0.1) is 11.3 Å². The molecule has 0 amide bonds. The van der Waals surface area contributed by atoms with E-state index in [1.807, 2.05) is 13.1 Å². The number of nitrogens with zero attached hydrogens (tertiary/aromatic N) is 6. The maximum absolute atomic E-state index is 13.7. The number of aromatic amines is 1. The second-order valence-corrected chi connectivity index (χ2v) is 11.4. The highest BCUT2D eigenvalue weighted by Crippen LogP contribution is 2.40. The maximum atomic E-state index is 13.7. The Morgan fingerprint density at radius 1 is 1.13 bits per heavy atom. The van der Waals surface area contributed by atoms with Crippen LogP contribution in [0.4, 0.5) is 13.2 Å². The quantitative estimate of drug-likeness (QED) is 0.356. The van der Waals surface area contributed by atoms with Crippen LogP contribution in [-0.4, -0.2) is 73.7 Å². The SMILES string of the molecule is Cc1cc(-c2n[nH]c(-c3ncc(C4CCN(CC5CCOCC5)CC4)s3)c2CC(F)(F)F)cn2ncnc12. The molecule has 2 saturated heterocycles. The summed E-state index contributed by atoms with van der Waals surface area (Å²) in [5.41, 5.74) is 2.71. The van der Waals surface area contributed by atoms with Crippen molar-refractivity contribution in [1.29, 1.82) is 0 Å². The van der Waals surface area contributed by atoms with Crippen molar-refractivity contribution in [1.82, 2.24) is 34.7 Å². The fourth-order valence-electron chi connectivity index (χ4n) is 5.66. The fraction of sp³-hybridized carbons (Fsp3) is 0.538. The van der Waals surface area contributed by atoms with E-state index in [-0.39, 0.29) is 11.3 Å². The monoisotopic (exact) mass is 545 g/mol. The Balaban J connectivity index is 1.23. The number of halogens is 3. The zero-order chi connectivity index (χ0) is 26.3. The lowest BCUT2D eigenvalue weighted by Gasteiger charge is -2.35. The number of rotatable bonds is 6. The molecule has 2 fully saturated rings. The highest BCUT2D eigenvalue weighted by Gasteiger charge is 2.34. The minimum Gasteiger partial charge on any atom is -0.381 e. The van der Waals surface area contributed by atoms with Gasteiger partial charge in [0.2, 0.25) is 0 Å². The number of H-pyrrole nitrogens is 1. The van der Waals surface area contributed by atoms with Crippen LogP contribution in [0.15, 0.2) is 24.8 Å². The second kappa shape index (κ2) is 10.4. The summed E-state index contributed by atoms with van der Waals surface area (Å²) in [6, 6.07) is 1.80. The normalized spacial score (nSPS) is 18.5. The van der Waals surface area contributed by atoms with E-state index >= 15 is 0 Å². The third-order valence-electron chi connectivity index (χ3n) is 7.66. The predicted molar refractivity (Wildman–Crippen MR) is 138 cm³/mol. The summed E-state index contributed by atoms with van der Waals surface area (Å²) in [7, 11) is 0. The number of aryl methyl sites for hydroxylation is 1. The van der Waals surface area contributed by atoms with Crippen LogP contribution in [0.2, 0.25) is 0 Å². The minimum absolute atomic E-state index is 0.101. The van der Waals surface area contributed by atoms with Crippen LogP contribution < -0.4 is 0 Å². The van der Waals surface area contributed by atoms with Gasteiger partial charge in [-0.2, -0.15) is 23.4 Å². The van der Waals surface area contributed by atoms with Gasteiger partial charge in [0.05, 0.1) is 17.8 Å². The Morgan fingerprint density at radius 2 is 1.92 bits per heavy atom. The second-order valence-electron chi connectivity index (χ2n) is 10.4. The molecule has 202 valence electrons. The molecule has 12 heteroatoms. The first-order valence-corrected chi connectivity index (χ1v) is 13.9. The standard InChI is InChI=1S/C26H30F3N7OS/c1-16-10-19(14-36-24(16)31-15-32-36)22-20(11-26(27,28)29)23(34-33-22)25-30-12-21(38-25)18-2-6-35(7-3-18)13-17-4-8-37-9-5-17/h10,12,14-15,17-18H,2-9,11,13H2,1H3,(H,33,34). The highest BCUT2D eigenvalue weighted by molar-refractivity contribution is 7.15. The molecule has 0 aliphatic carbocycles. The van der Waals surface area contributed by atoms with Gasteiger partial charge < -0.3 is 9.64 Å². The van der Waals surface area contributed by atoms with Crippen LogP contribution in [-0.2, 0) is 11.2 Å². The molecule has 6 heterocycles. The molecule has 0 bridgehead atoms. The van der Waals surface area contributed by atoms with E-state index in [2.05, 4.69) is 30.2 Å². The van der Waals surface area contributed by atoms with Gasteiger partial charge in [-0.3, -0.25) is 5.10 Å². The highest BCUT2D eigenvalue weighted by atomic mass is 32.1. The van der Waals surface area contributed by atoms with Crippen LogP contribution in [0.3, 0.4) is 0 Å². The number of aromatic nitrogens is 6. The zero-order valence-corrected chi connectivity index (χ0v) is 22.0. The summed E-state index contributed by atoms with van der Waals surface area (Å²) >= 11 is 1.47. The van der Waals surface area contributed by atoms with E-state index in [0.29, 0.717) is 33.7 Å². The maximum Gasteiger partial charge on any atom is 0.393 e. The third-order valence-corrected chi connectivity index (χ3v) is 8.84. The van der Waals surface area contributed by atoms with Crippen molar-refractivity contribution >= 4 is 17.0 Å². The van der Waals surface area contributed by atoms with Crippen LogP contribution >= 0.6 is 11.3 Å². The number of piperidine rings is 1. The van der Waals surface area contributed by atoms with E-state index in [1.54, 1.807) is 16.8 Å². The topological polar surface area (TPSA) is 84.2 Å². The molecule has 1 N–H and O–H groups in total. The number of hydrogen-bond acceptors (Lipinski definition) is 7. The number of nitrogens with one attached hydrogen (secondary N) is 1. The van der Waals surface area contributed by atoms with E-state index in [9.17, 15) is 13.2 Å². The number of likely N-dealkylation sites (tertiary alicyclic amines) is 1. The molecule has 4 aromatic rings. The molecule has 0 atom stereocenters. The lowest BCUT2D eigenvalue weighted by molar-refractivity contribution is -0.127. The summed E-state index contributed by atoms with van der Waals surface area (Å²) in [6.45, 7) is 6.78. The van der Waals surface area contributed by atoms with Crippen molar-refractivity contribution in [2.45, 2.75) is 51.1 Å². The first-order valence-electron chi connectivity index (χ1n) is 13.0. The number of alkyl halides is 3.